The van der Waals surface area contributed by atoms with Crippen molar-refractivity contribution in [2.45, 2.75) is 30.6 Å². The van der Waals surface area contributed by atoms with Gasteiger partial charge in [-0.1, -0.05) is 23.2 Å². The summed E-state index contributed by atoms with van der Waals surface area (Å²) in [6, 6.07) is 5.05. The highest BCUT2D eigenvalue weighted by atomic mass is 35.5. The first kappa shape index (κ1) is 17.5. The maximum absolute atomic E-state index is 13.0. The lowest BCUT2D eigenvalue weighted by atomic mass is 10.0. The molecule has 1 aromatic rings. The summed E-state index contributed by atoms with van der Waals surface area (Å²) in [7, 11) is 0. The Labute approximate surface area is 161 Å². The van der Waals surface area contributed by atoms with E-state index in [4.69, 9.17) is 23.2 Å². The zero-order valence-corrected chi connectivity index (χ0v) is 16.2. The van der Waals surface area contributed by atoms with Gasteiger partial charge in [0.15, 0.2) is 0 Å². The number of amides is 2. The van der Waals surface area contributed by atoms with Crippen LogP contribution >= 0.6 is 35.0 Å². The van der Waals surface area contributed by atoms with Gasteiger partial charge in [0.25, 0.3) is 5.91 Å². The topological polar surface area (TPSA) is 40.6 Å². The van der Waals surface area contributed by atoms with Crippen molar-refractivity contribution in [1.82, 2.24) is 9.80 Å². The molecule has 134 valence electrons. The maximum Gasteiger partial charge on any atom is 0.255 e. The van der Waals surface area contributed by atoms with Crippen molar-refractivity contribution in [1.29, 1.82) is 0 Å². The number of likely N-dealkylation sites (tertiary alicyclic amines) is 1. The fourth-order valence-electron chi connectivity index (χ4n) is 3.76. The van der Waals surface area contributed by atoms with Gasteiger partial charge in [-0.05, 0) is 43.9 Å². The number of hydrogen-bond acceptors (Lipinski definition) is 3. The van der Waals surface area contributed by atoms with Gasteiger partial charge in [0, 0.05) is 36.9 Å². The molecule has 1 spiro atoms. The minimum Gasteiger partial charge on any atom is -0.342 e. The molecule has 4 rings (SSSR count). The molecule has 2 aliphatic heterocycles. The molecule has 3 fully saturated rings. The number of piperidine rings is 1. The van der Waals surface area contributed by atoms with E-state index in [0.29, 0.717) is 21.5 Å². The van der Waals surface area contributed by atoms with Gasteiger partial charge < -0.3 is 9.80 Å². The highest BCUT2D eigenvalue weighted by molar-refractivity contribution is 8.00. The van der Waals surface area contributed by atoms with E-state index < -0.39 is 0 Å². The lowest BCUT2D eigenvalue weighted by molar-refractivity contribution is -0.134. The molecule has 4 nitrogen and oxygen atoms in total. The number of halogens is 2. The Bertz CT molecular complexity index is 715. The van der Waals surface area contributed by atoms with Crippen LogP contribution in [0.1, 0.15) is 36.0 Å². The second kappa shape index (κ2) is 6.67. The lowest BCUT2D eigenvalue weighted by Crippen LogP contribution is -2.53. The van der Waals surface area contributed by atoms with Gasteiger partial charge in [-0.3, -0.25) is 9.59 Å². The third kappa shape index (κ3) is 3.26. The van der Waals surface area contributed by atoms with Gasteiger partial charge in [-0.15, -0.1) is 11.8 Å². The molecule has 1 aliphatic carbocycles. The van der Waals surface area contributed by atoms with Crippen molar-refractivity contribution in [3.8, 4) is 0 Å². The van der Waals surface area contributed by atoms with Crippen LogP contribution in [-0.2, 0) is 4.79 Å². The smallest absolute Gasteiger partial charge is 0.255 e. The molecule has 3 aliphatic rings. The van der Waals surface area contributed by atoms with Crippen LogP contribution in [-0.4, -0.2) is 51.9 Å². The third-order valence-electron chi connectivity index (χ3n) is 5.37. The summed E-state index contributed by atoms with van der Waals surface area (Å²) in [6.07, 6.45) is 3.75. The fraction of sp³-hybridized carbons (Fsp3) is 0.556. The standard InChI is InChI=1S/C18H20Cl2N2O2S/c19-14-4-3-13(11-15(14)20)17(24)22-9-10-25-18(22)5-7-21(8-6-18)16(23)12-1-2-12/h3-4,11-12H,1-2,5-10H2. The van der Waals surface area contributed by atoms with Crippen LogP contribution in [0, 0.1) is 5.92 Å². The van der Waals surface area contributed by atoms with E-state index in [1.54, 1.807) is 18.2 Å². The van der Waals surface area contributed by atoms with E-state index >= 15 is 0 Å². The van der Waals surface area contributed by atoms with E-state index in [0.717, 1.165) is 51.1 Å². The van der Waals surface area contributed by atoms with Crippen molar-refractivity contribution >= 4 is 46.8 Å². The molecule has 0 radical (unpaired) electrons. The summed E-state index contributed by atoms with van der Waals surface area (Å²) in [4.78, 5) is 29.1. The van der Waals surface area contributed by atoms with Crippen molar-refractivity contribution in [3.05, 3.63) is 33.8 Å². The Kier molecular flexibility index (Phi) is 4.67. The lowest BCUT2D eigenvalue weighted by Gasteiger charge is -2.44. The van der Waals surface area contributed by atoms with Crippen LogP contribution in [0.5, 0.6) is 0 Å². The summed E-state index contributed by atoms with van der Waals surface area (Å²) in [6.45, 7) is 2.22. The van der Waals surface area contributed by atoms with E-state index in [9.17, 15) is 9.59 Å². The van der Waals surface area contributed by atoms with E-state index in [2.05, 4.69) is 0 Å². The SMILES string of the molecule is O=C(C1CC1)N1CCC2(CC1)SCCN2C(=O)c1ccc(Cl)c(Cl)c1. The fourth-order valence-corrected chi connectivity index (χ4v) is 5.51. The van der Waals surface area contributed by atoms with Gasteiger partial charge in [-0.2, -0.15) is 0 Å². The summed E-state index contributed by atoms with van der Waals surface area (Å²) in [5, 5.41) is 0.855. The van der Waals surface area contributed by atoms with Gasteiger partial charge in [0.2, 0.25) is 5.91 Å². The number of hydrogen-bond donors (Lipinski definition) is 0. The van der Waals surface area contributed by atoms with Gasteiger partial charge in [0.1, 0.15) is 0 Å². The highest BCUT2D eigenvalue weighted by Gasteiger charge is 2.48. The molecule has 2 amide bonds. The normalized spacial score (nSPS) is 22.5. The number of benzene rings is 1. The van der Waals surface area contributed by atoms with Crippen LogP contribution in [0.2, 0.25) is 10.0 Å². The molecule has 0 aromatic heterocycles. The number of carbonyl (C=O) groups excluding carboxylic acids is 2. The average Bonchev–Trinajstić information content (AvgIpc) is 3.39. The molecule has 0 bridgehead atoms. The van der Waals surface area contributed by atoms with Gasteiger partial charge in [-0.25, -0.2) is 0 Å². The Balaban J connectivity index is 1.49. The Morgan fingerprint density at radius 2 is 1.80 bits per heavy atom. The van der Waals surface area contributed by atoms with Crippen molar-refractivity contribution in [2.24, 2.45) is 5.92 Å². The molecular formula is C18H20Cl2N2O2S. The van der Waals surface area contributed by atoms with Crippen molar-refractivity contribution in [2.75, 3.05) is 25.4 Å². The quantitative estimate of drug-likeness (QED) is 0.757. The number of carbonyl (C=O) groups is 2. The zero-order chi connectivity index (χ0) is 17.6. The summed E-state index contributed by atoms with van der Waals surface area (Å²) in [5.41, 5.74) is 0.577. The predicted molar refractivity (Wildman–Crippen MR) is 101 cm³/mol. The van der Waals surface area contributed by atoms with E-state index in [1.165, 1.54) is 0 Å². The first-order valence-corrected chi connectivity index (χ1v) is 10.4. The first-order valence-electron chi connectivity index (χ1n) is 8.70. The summed E-state index contributed by atoms with van der Waals surface area (Å²) < 4.78 is 0. The molecule has 0 atom stereocenters. The summed E-state index contributed by atoms with van der Waals surface area (Å²) >= 11 is 13.9. The Morgan fingerprint density at radius 3 is 2.44 bits per heavy atom. The molecule has 2 saturated heterocycles. The molecule has 2 heterocycles. The number of thioether (sulfide) groups is 1. The Morgan fingerprint density at radius 1 is 1.08 bits per heavy atom. The number of rotatable bonds is 2. The Hall–Kier alpha value is -0.910. The monoisotopic (exact) mass is 398 g/mol. The van der Waals surface area contributed by atoms with Gasteiger partial charge in [0.05, 0.1) is 14.9 Å². The van der Waals surface area contributed by atoms with Crippen molar-refractivity contribution < 1.29 is 9.59 Å². The molecule has 0 N–H and O–H groups in total. The average molecular weight is 399 g/mol. The van der Waals surface area contributed by atoms with Crippen molar-refractivity contribution in [3.63, 3.8) is 0 Å². The first-order chi connectivity index (χ1) is 12.0. The van der Waals surface area contributed by atoms with Crippen LogP contribution in [0.4, 0.5) is 0 Å². The predicted octanol–water partition coefficient (Wildman–Crippen LogP) is 3.91. The third-order valence-corrected chi connectivity index (χ3v) is 7.66. The molecular weight excluding hydrogens is 379 g/mol. The number of nitrogens with zero attached hydrogens (tertiary/aromatic N) is 2. The summed E-state index contributed by atoms with van der Waals surface area (Å²) in [5.74, 6) is 1.51. The largest absolute Gasteiger partial charge is 0.342 e. The van der Waals surface area contributed by atoms with Gasteiger partial charge >= 0.3 is 0 Å². The molecule has 0 unspecified atom stereocenters. The van der Waals surface area contributed by atoms with Crippen LogP contribution < -0.4 is 0 Å². The van der Waals surface area contributed by atoms with Crippen LogP contribution in [0.3, 0.4) is 0 Å². The molecule has 25 heavy (non-hydrogen) atoms. The second-order valence-electron chi connectivity index (χ2n) is 6.98. The highest BCUT2D eigenvalue weighted by Crippen LogP contribution is 2.45. The molecule has 1 aromatic carbocycles. The van der Waals surface area contributed by atoms with Crippen LogP contribution in [0.15, 0.2) is 18.2 Å². The van der Waals surface area contributed by atoms with Crippen LogP contribution in [0.25, 0.3) is 0 Å². The molecule has 1 saturated carbocycles. The van der Waals surface area contributed by atoms with E-state index in [1.807, 2.05) is 21.6 Å². The maximum atomic E-state index is 13.0. The van der Waals surface area contributed by atoms with E-state index in [-0.39, 0.29) is 16.7 Å². The molecule has 7 heteroatoms. The minimum absolute atomic E-state index is 0.00513. The zero-order valence-electron chi connectivity index (χ0n) is 13.8. The minimum atomic E-state index is -0.191. The second-order valence-corrected chi connectivity index (χ2v) is 9.25.